The monoisotopic (exact) mass is 199 g/mol. The molecule has 13 heavy (non-hydrogen) atoms. The molecule has 0 radical (unpaired) electrons. The van der Waals surface area contributed by atoms with Gasteiger partial charge in [0.15, 0.2) is 0 Å². The highest BCUT2D eigenvalue weighted by Crippen LogP contribution is 2.17. The van der Waals surface area contributed by atoms with Crippen molar-refractivity contribution in [2.75, 3.05) is 0 Å². The van der Waals surface area contributed by atoms with E-state index in [2.05, 4.69) is 9.18 Å². The molecule has 0 aliphatic carbocycles. The maximum absolute atomic E-state index is 10.2. The summed E-state index contributed by atoms with van der Waals surface area (Å²) < 4.78 is 23.0. The van der Waals surface area contributed by atoms with Gasteiger partial charge >= 0.3 is 11.4 Å². The lowest BCUT2D eigenvalue weighted by atomic mass is 10.3. The summed E-state index contributed by atoms with van der Waals surface area (Å²) in [6.07, 6.45) is 1.37. The fourth-order valence-corrected chi connectivity index (χ4v) is 0.987. The fraction of sp³-hybridized carbons (Fsp3) is 0. The molecule has 1 aromatic rings. The maximum Gasteiger partial charge on any atom is 0.357 e. The van der Waals surface area contributed by atoms with Crippen LogP contribution in [0.15, 0.2) is 29.3 Å². The molecule has 0 spiro atoms. The second-order valence-electron chi connectivity index (χ2n) is 2.00. The standard InChI is InChI=1S/C7H5NO4S/c9-5-8-6-1-3-7(4-2-6)12-13(10)11/h1-4H,(H,10,11). The van der Waals surface area contributed by atoms with Gasteiger partial charge in [-0.3, -0.25) is 4.55 Å². The molecule has 68 valence electrons. The van der Waals surface area contributed by atoms with E-state index in [1.54, 1.807) is 0 Å². The summed E-state index contributed by atoms with van der Waals surface area (Å²) in [5, 5.41) is 0. The highest BCUT2D eigenvalue weighted by molar-refractivity contribution is 7.74. The number of aliphatic imine (C=N–C) groups is 1. The molecule has 1 aromatic carbocycles. The normalized spacial score (nSPS) is 11.5. The first-order valence-electron chi connectivity index (χ1n) is 3.19. The van der Waals surface area contributed by atoms with Gasteiger partial charge in [0.25, 0.3) is 0 Å². The minimum atomic E-state index is -2.33. The summed E-state index contributed by atoms with van der Waals surface area (Å²) >= 11 is -2.33. The van der Waals surface area contributed by atoms with Crippen molar-refractivity contribution in [1.82, 2.24) is 0 Å². The lowest BCUT2D eigenvalue weighted by Gasteiger charge is -1.98. The van der Waals surface area contributed by atoms with Crippen LogP contribution in [-0.4, -0.2) is 14.8 Å². The topological polar surface area (TPSA) is 76.0 Å². The van der Waals surface area contributed by atoms with E-state index in [9.17, 15) is 9.00 Å². The molecule has 0 aliphatic rings. The Morgan fingerprint density at radius 3 is 2.46 bits per heavy atom. The van der Waals surface area contributed by atoms with Gasteiger partial charge in [-0.05, 0) is 24.3 Å². The van der Waals surface area contributed by atoms with Crippen LogP contribution in [0.5, 0.6) is 5.75 Å². The zero-order valence-corrected chi connectivity index (χ0v) is 7.15. The van der Waals surface area contributed by atoms with Gasteiger partial charge in [0.2, 0.25) is 6.08 Å². The van der Waals surface area contributed by atoms with Crippen LogP contribution in [0.3, 0.4) is 0 Å². The van der Waals surface area contributed by atoms with Crippen molar-refractivity contribution in [3.05, 3.63) is 24.3 Å². The predicted octanol–water partition coefficient (Wildman–Crippen LogP) is 1.17. The van der Waals surface area contributed by atoms with Crippen LogP contribution in [0.25, 0.3) is 0 Å². The zero-order chi connectivity index (χ0) is 9.68. The Morgan fingerprint density at radius 2 is 2.00 bits per heavy atom. The molecule has 1 unspecified atom stereocenters. The fourth-order valence-electron chi connectivity index (χ4n) is 0.711. The van der Waals surface area contributed by atoms with Crippen molar-refractivity contribution in [2.45, 2.75) is 0 Å². The Hall–Kier alpha value is -1.49. The van der Waals surface area contributed by atoms with Gasteiger partial charge in [-0.1, -0.05) is 0 Å². The van der Waals surface area contributed by atoms with Gasteiger partial charge < -0.3 is 4.18 Å². The third-order valence-electron chi connectivity index (χ3n) is 1.18. The highest BCUT2D eigenvalue weighted by atomic mass is 32.2. The molecular formula is C7H5NO4S. The largest absolute Gasteiger partial charge is 0.380 e. The number of nitrogens with zero attached hydrogens (tertiary/aromatic N) is 1. The summed E-state index contributed by atoms with van der Waals surface area (Å²) in [5.74, 6) is 0.227. The van der Waals surface area contributed by atoms with E-state index >= 15 is 0 Å². The Balaban J connectivity index is 2.80. The number of rotatable bonds is 3. The third kappa shape index (κ3) is 3.16. The molecular weight excluding hydrogens is 194 g/mol. The molecule has 0 aliphatic heterocycles. The van der Waals surface area contributed by atoms with Gasteiger partial charge in [0.1, 0.15) is 5.75 Å². The summed E-state index contributed by atoms with van der Waals surface area (Å²) in [6.45, 7) is 0. The van der Waals surface area contributed by atoms with E-state index in [4.69, 9.17) is 4.55 Å². The molecule has 6 heteroatoms. The number of hydrogen-bond acceptors (Lipinski definition) is 4. The van der Waals surface area contributed by atoms with Crippen LogP contribution in [0.2, 0.25) is 0 Å². The minimum Gasteiger partial charge on any atom is -0.380 e. The lowest BCUT2D eigenvalue weighted by molar-refractivity contribution is 0.458. The summed E-state index contributed by atoms with van der Waals surface area (Å²) in [4.78, 5) is 13.2. The molecule has 0 saturated heterocycles. The second kappa shape index (κ2) is 4.51. The van der Waals surface area contributed by atoms with Crippen LogP contribution in [0.1, 0.15) is 0 Å². The Bertz CT molecular complexity index is 355. The van der Waals surface area contributed by atoms with Gasteiger partial charge in [-0.2, -0.15) is 9.20 Å². The van der Waals surface area contributed by atoms with Crippen LogP contribution in [0.4, 0.5) is 5.69 Å². The summed E-state index contributed by atoms with van der Waals surface area (Å²) in [5.41, 5.74) is 0.408. The summed E-state index contributed by atoms with van der Waals surface area (Å²) in [6, 6.07) is 5.77. The average molecular weight is 199 g/mol. The third-order valence-corrected chi connectivity index (χ3v) is 1.51. The molecule has 0 heterocycles. The second-order valence-corrected chi connectivity index (χ2v) is 2.60. The predicted molar refractivity (Wildman–Crippen MR) is 45.6 cm³/mol. The minimum absolute atomic E-state index is 0.227. The molecule has 0 amide bonds. The molecule has 0 aromatic heterocycles. The maximum atomic E-state index is 10.2. The molecule has 0 saturated carbocycles. The van der Waals surface area contributed by atoms with Crippen molar-refractivity contribution in [1.29, 1.82) is 0 Å². The Morgan fingerprint density at radius 1 is 1.38 bits per heavy atom. The van der Waals surface area contributed by atoms with E-state index in [1.165, 1.54) is 30.3 Å². The van der Waals surface area contributed by atoms with Crippen LogP contribution < -0.4 is 4.18 Å². The number of hydrogen-bond donors (Lipinski definition) is 1. The molecule has 1 rings (SSSR count). The van der Waals surface area contributed by atoms with Crippen molar-refractivity contribution < 1.29 is 17.7 Å². The van der Waals surface area contributed by atoms with E-state index in [0.29, 0.717) is 5.69 Å². The molecule has 0 fully saturated rings. The van der Waals surface area contributed by atoms with Gasteiger partial charge in [-0.25, -0.2) is 4.79 Å². The van der Waals surface area contributed by atoms with Crippen LogP contribution in [-0.2, 0) is 16.2 Å². The first-order valence-corrected chi connectivity index (χ1v) is 4.22. The average Bonchev–Trinajstić information content (AvgIpc) is 2.08. The smallest absolute Gasteiger partial charge is 0.357 e. The summed E-state index contributed by atoms with van der Waals surface area (Å²) in [7, 11) is 0. The van der Waals surface area contributed by atoms with E-state index in [1.807, 2.05) is 0 Å². The van der Waals surface area contributed by atoms with Crippen LogP contribution >= 0.6 is 0 Å². The molecule has 1 N–H and O–H groups in total. The number of isocyanates is 1. The molecule has 1 atom stereocenters. The van der Waals surface area contributed by atoms with E-state index < -0.39 is 11.4 Å². The lowest BCUT2D eigenvalue weighted by Crippen LogP contribution is -1.96. The van der Waals surface area contributed by atoms with Gasteiger partial charge in [0.05, 0.1) is 5.69 Å². The van der Waals surface area contributed by atoms with Crippen molar-refractivity contribution in [3.63, 3.8) is 0 Å². The SMILES string of the molecule is O=C=Nc1ccc(OS(=O)O)cc1. The van der Waals surface area contributed by atoms with Crippen LogP contribution in [0, 0.1) is 0 Å². The quantitative estimate of drug-likeness (QED) is 0.450. The number of benzene rings is 1. The van der Waals surface area contributed by atoms with Crippen molar-refractivity contribution >= 4 is 23.1 Å². The van der Waals surface area contributed by atoms with E-state index in [0.717, 1.165) is 0 Å². The number of carbonyl (C=O) groups excluding carboxylic acids is 1. The van der Waals surface area contributed by atoms with Gasteiger partial charge in [-0.15, -0.1) is 0 Å². The van der Waals surface area contributed by atoms with Crippen molar-refractivity contribution in [3.8, 4) is 5.75 Å². The first kappa shape index (κ1) is 9.60. The van der Waals surface area contributed by atoms with E-state index in [-0.39, 0.29) is 5.75 Å². The Labute approximate surface area is 76.6 Å². The zero-order valence-electron chi connectivity index (χ0n) is 6.34. The highest BCUT2D eigenvalue weighted by Gasteiger charge is 1.97. The molecule has 5 nitrogen and oxygen atoms in total. The van der Waals surface area contributed by atoms with Crippen molar-refractivity contribution in [2.24, 2.45) is 4.99 Å². The Kier molecular flexibility index (Phi) is 3.33. The molecule has 0 bridgehead atoms. The first-order chi connectivity index (χ1) is 6.22. The van der Waals surface area contributed by atoms with Gasteiger partial charge in [0, 0.05) is 0 Å².